The molecule has 72 valence electrons. The standard InChI is InChI=1S/C8H16O4/c1-11-3-2-6-4-7(10)8(5-9)12-6/h6-10H,2-5H2,1H3/t6?,7-,8-/m1/s1. The highest BCUT2D eigenvalue weighted by atomic mass is 16.5. The molecule has 1 unspecified atom stereocenters. The highest BCUT2D eigenvalue weighted by Gasteiger charge is 2.32. The van der Waals surface area contributed by atoms with Crippen molar-refractivity contribution in [1.29, 1.82) is 0 Å². The quantitative estimate of drug-likeness (QED) is 0.608. The maximum atomic E-state index is 9.33. The summed E-state index contributed by atoms with van der Waals surface area (Å²) in [7, 11) is 1.63. The molecule has 0 aromatic carbocycles. The molecule has 0 aliphatic carbocycles. The molecule has 0 spiro atoms. The van der Waals surface area contributed by atoms with Gasteiger partial charge < -0.3 is 19.7 Å². The zero-order valence-electron chi connectivity index (χ0n) is 7.27. The van der Waals surface area contributed by atoms with E-state index >= 15 is 0 Å². The van der Waals surface area contributed by atoms with Crippen molar-refractivity contribution in [3.05, 3.63) is 0 Å². The second-order valence-corrected chi connectivity index (χ2v) is 3.06. The van der Waals surface area contributed by atoms with Gasteiger partial charge in [-0.05, 0) is 6.42 Å². The van der Waals surface area contributed by atoms with Gasteiger partial charge in [0.15, 0.2) is 0 Å². The van der Waals surface area contributed by atoms with Gasteiger partial charge in [0.1, 0.15) is 6.10 Å². The average Bonchev–Trinajstić information content (AvgIpc) is 2.43. The van der Waals surface area contributed by atoms with Crippen LogP contribution in [0.2, 0.25) is 0 Å². The number of hydrogen-bond donors (Lipinski definition) is 2. The van der Waals surface area contributed by atoms with Crippen LogP contribution in [0, 0.1) is 0 Å². The van der Waals surface area contributed by atoms with E-state index in [1.54, 1.807) is 7.11 Å². The molecule has 4 nitrogen and oxygen atoms in total. The van der Waals surface area contributed by atoms with E-state index in [9.17, 15) is 5.11 Å². The van der Waals surface area contributed by atoms with Crippen molar-refractivity contribution in [3.8, 4) is 0 Å². The van der Waals surface area contributed by atoms with Gasteiger partial charge in [-0.1, -0.05) is 0 Å². The molecule has 0 radical (unpaired) electrons. The molecule has 0 aromatic rings. The van der Waals surface area contributed by atoms with Crippen molar-refractivity contribution < 1.29 is 19.7 Å². The molecule has 1 heterocycles. The third-order valence-corrected chi connectivity index (χ3v) is 2.12. The van der Waals surface area contributed by atoms with Crippen LogP contribution in [0.1, 0.15) is 12.8 Å². The summed E-state index contributed by atoms with van der Waals surface area (Å²) in [6.45, 7) is 0.528. The van der Waals surface area contributed by atoms with Gasteiger partial charge in [-0.15, -0.1) is 0 Å². The fourth-order valence-corrected chi connectivity index (χ4v) is 1.41. The van der Waals surface area contributed by atoms with Crippen LogP contribution < -0.4 is 0 Å². The first-order valence-corrected chi connectivity index (χ1v) is 4.21. The summed E-state index contributed by atoms with van der Waals surface area (Å²) in [6.07, 6.45) is 0.513. The van der Waals surface area contributed by atoms with Crippen LogP contribution in [0.25, 0.3) is 0 Å². The Balaban J connectivity index is 2.23. The Hall–Kier alpha value is -0.160. The van der Waals surface area contributed by atoms with Gasteiger partial charge in [-0.3, -0.25) is 0 Å². The van der Waals surface area contributed by atoms with E-state index in [0.717, 1.165) is 6.42 Å². The van der Waals surface area contributed by atoms with Crippen LogP contribution in [0.4, 0.5) is 0 Å². The lowest BCUT2D eigenvalue weighted by Gasteiger charge is -2.11. The van der Waals surface area contributed by atoms with Gasteiger partial charge in [0.25, 0.3) is 0 Å². The second-order valence-electron chi connectivity index (χ2n) is 3.06. The van der Waals surface area contributed by atoms with E-state index in [1.807, 2.05) is 0 Å². The fraction of sp³-hybridized carbons (Fsp3) is 1.00. The van der Waals surface area contributed by atoms with E-state index in [4.69, 9.17) is 14.6 Å². The van der Waals surface area contributed by atoms with Crippen molar-refractivity contribution in [2.24, 2.45) is 0 Å². The Labute approximate surface area is 72.1 Å². The van der Waals surface area contributed by atoms with E-state index in [1.165, 1.54) is 0 Å². The van der Waals surface area contributed by atoms with E-state index in [2.05, 4.69) is 0 Å². The summed E-state index contributed by atoms with van der Waals surface area (Å²) < 4.78 is 10.2. The van der Waals surface area contributed by atoms with E-state index in [0.29, 0.717) is 13.0 Å². The molecule has 12 heavy (non-hydrogen) atoms. The first-order chi connectivity index (χ1) is 5.77. The van der Waals surface area contributed by atoms with Crippen LogP contribution in [0.3, 0.4) is 0 Å². The van der Waals surface area contributed by atoms with Crippen LogP contribution in [0.5, 0.6) is 0 Å². The van der Waals surface area contributed by atoms with Gasteiger partial charge in [-0.25, -0.2) is 0 Å². The van der Waals surface area contributed by atoms with Crippen LogP contribution in [-0.2, 0) is 9.47 Å². The molecule has 3 atom stereocenters. The average molecular weight is 176 g/mol. The second kappa shape index (κ2) is 4.77. The Bertz CT molecular complexity index is 128. The summed E-state index contributed by atoms with van der Waals surface area (Å²) >= 11 is 0. The molecule has 1 rings (SSSR count). The molecule has 1 saturated heterocycles. The highest BCUT2D eigenvalue weighted by molar-refractivity contribution is 4.81. The van der Waals surface area contributed by atoms with Crippen LogP contribution in [-0.4, -0.2) is 48.8 Å². The Morgan fingerprint density at radius 2 is 2.33 bits per heavy atom. The molecular formula is C8H16O4. The zero-order chi connectivity index (χ0) is 8.97. The Kier molecular flexibility index (Phi) is 3.94. The zero-order valence-corrected chi connectivity index (χ0v) is 7.27. The number of hydrogen-bond acceptors (Lipinski definition) is 4. The lowest BCUT2D eigenvalue weighted by molar-refractivity contribution is -0.0285. The summed E-state index contributed by atoms with van der Waals surface area (Å²) in [6, 6.07) is 0. The topological polar surface area (TPSA) is 58.9 Å². The minimum Gasteiger partial charge on any atom is -0.394 e. The summed E-state index contributed by atoms with van der Waals surface area (Å²) in [5.41, 5.74) is 0. The molecule has 0 bridgehead atoms. The fourth-order valence-electron chi connectivity index (χ4n) is 1.41. The number of rotatable bonds is 4. The van der Waals surface area contributed by atoms with Crippen LogP contribution >= 0.6 is 0 Å². The third-order valence-electron chi connectivity index (χ3n) is 2.12. The lowest BCUT2D eigenvalue weighted by atomic mass is 10.1. The highest BCUT2D eigenvalue weighted by Crippen LogP contribution is 2.22. The lowest BCUT2D eigenvalue weighted by Crippen LogP contribution is -2.24. The molecular weight excluding hydrogens is 160 g/mol. The van der Waals surface area contributed by atoms with Crippen LogP contribution in [0.15, 0.2) is 0 Å². The Morgan fingerprint density at radius 3 is 2.83 bits per heavy atom. The maximum Gasteiger partial charge on any atom is 0.107 e. The van der Waals surface area contributed by atoms with Gasteiger partial charge in [-0.2, -0.15) is 0 Å². The largest absolute Gasteiger partial charge is 0.394 e. The van der Waals surface area contributed by atoms with Gasteiger partial charge in [0.05, 0.1) is 18.8 Å². The summed E-state index contributed by atoms with van der Waals surface area (Å²) in [5, 5.41) is 18.1. The van der Waals surface area contributed by atoms with Crippen molar-refractivity contribution >= 4 is 0 Å². The smallest absolute Gasteiger partial charge is 0.107 e. The first kappa shape index (κ1) is 9.92. The molecule has 0 saturated carbocycles. The van der Waals surface area contributed by atoms with Gasteiger partial charge >= 0.3 is 0 Å². The number of aliphatic hydroxyl groups excluding tert-OH is 2. The SMILES string of the molecule is COCCC1C[C@@H](O)[C@@H](CO)O1. The monoisotopic (exact) mass is 176 g/mol. The van der Waals surface area contributed by atoms with Gasteiger partial charge in [0, 0.05) is 20.1 Å². The first-order valence-electron chi connectivity index (χ1n) is 4.21. The van der Waals surface area contributed by atoms with Gasteiger partial charge in [0.2, 0.25) is 0 Å². The van der Waals surface area contributed by atoms with Crippen molar-refractivity contribution in [2.45, 2.75) is 31.2 Å². The van der Waals surface area contributed by atoms with Crippen molar-refractivity contribution in [3.63, 3.8) is 0 Å². The third kappa shape index (κ3) is 2.42. The molecule has 1 aliphatic rings. The molecule has 2 N–H and O–H groups in total. The predicted octanol–water partition coefficient (Wildman–Crippen LogP) is -0.466. The molecule has 0 aromatic heterocycles. The normalized spacial score (nSPS) is 35.8. The number of methoxy groups -OCH3 is 1. The molecule has 1 fully saturated rings. The molecule has 1 aliphatic heterocycles. The Morgan fingerprint density at radius 1 is 1.58 bits per heavy atom. The summed E-state index contributed by atoms with van der Waals surface area (Å²) in [5.74, 6) is 0. The number of aliphatic hydroxyl groups is 2. The molecule has 4 heteroatoms. The van der Waals surface area contributed by atoms with Crippen molar-refractivity contribution in [1.82, 2.24) is 0 Å². The maximum absolute atomic E-state index is 9.33. The van der Waals surface area contributed by atoms with E-state index in [-0.39, 0.29) is 12.7 Å². The number of ether oxygens (including phenoxy) is 2. The minimum atomic E-state index is -0.517. The van der Waals surface area contributed by atoms with E-state index < -0.39 is 12.2 Å². The minimum absolute atomic E-state index is 0.0390. The predicted molar refractivity (Wildman–Crippen MR) is 42.9 cm³/mol. The van der Waals surface area contributed by atoms with Crippen molar-refractivity contribution in [2.75, 3.05) is 20.3 Å². The summed E-state index contributed by atoms with van der Waals surface area (Å²) in [4.78, 5) is 0. The molecule has 0 amide bonds.